The Morgan fingerprint density at radius 1 is 1.22 bits per heavy atom. The summed E-state index contributed by atoms with van der Waals surface area (Å²) in [4.78, 5) is 1.67. The van der Waals surface area contributed by atoms with Crippen LogP contribution in [0.25, 0.3) is 10.9 Å². The first-order chi connectivity index (χ1) is 13.1. The van der Waals surface area contributed by atoms with E-state index in [9.17, 15) is 9.50 Å². The van der Waals surface area contributed by atoms with Crippen LogP contribution in [0.3, 0.4) is 0 Å². The number of rotatable bonds is 5. The number of benzene rings is 2. The zero-order valence-electron chi connectivity index (χ0n) is 14.4. The first-order valence-electron chi connectivity index (χ1n) is 8.63. The standard InChI is InChI=1S/C19H19BrFN5O/c20-13-4-2-12(3-5-13)18-23-24-19(27)26(18)17-11-25(9-1-8-22)16-7-6-14(21)10-15(16)17/h2-7,10-11,19,24,27H,1,8-9,22H2. The van der Waals surface area contributed by atoms with Crippen LogP contribution in [0.2, 0.25) is 0 Å². The second kappa shape index (κ2) is 7.30. The Kier molecular flexibility index (Phi) is 4.86. The molecule has 6 nitrogen and oxygen atoms in total. The fraction of sp³-hybridized carbons (Fsp3) is 0.211. The predicted molar refractivity (Wildman–Crippen MR) is 108 cm³/mol. The first-order valence-corrected chi connectivity index (χ1v) is 9.42. The Hall–Kier alpha value is -2.42. The summed E-state index contributed by atoms with van der Waals surface area (Å²) in [6, 6.07) is 12.3. The summed E-state index contributed by atoms with van der Waals surface area (Å²) in [6.07, 6.45) is 1.67. The lowest BCUT2D eigenvalue weighted by molar-refractivity contribution is 0.159. The molecule has 27 heavy (non-hydrogen) atoms. The fourth-order valence-corrected chi connectivity index (χ4v) is 3.55. The van der Waals surface area contributed by atoms with Crippen LogP contribution >= 0.6 is 15.9 Å². The summed E-state index contributed by atoms with van der Waals surface area (Å²) >= 11 is 3.42. The zero-order chi connectivity index (χ0) is 19.0. The van der Waals surface area contributed by atoms with Crippen LogP contribution in [0.15, 0.2) is 58.2 Å². The van der Waals surface area contributed by atoms with Crippen molar-refractivity contribution in [3.8, 4) is 0 Å². The van der Waals surface area contributed by atoms with Gasteiger partial charge in [0.25, 0.3) is 0 Å². The summed E-state index contributed by atoms with van der Waals surface area (Å²) < 4.78 is 16.9. The fourth-order valence-electron chi connectivity index (χ4n) is 3.28. The highest BCUT2D eigenvalue weighted by Gasteiger charge is 2.31. The van der Waals surface area contributed by atoms with Crippen LogP contribution in [0.5, 0.6) is 0 Å². The van der Waals surface area contributed by atoms with Crippen LogP contribution in [0, 0.1) is 5.82 Å². The van der Waals surface area contributed by atoms with E-state index in [2.05, 4.69) is 26.5 Å². The topological polar surface area (TPSA) is 78.8 Å². The van der Waals surface area contributed by atoms with E-state index in [1.54, 1.807) is 11.0 Å². The van der Waals surface area contributed by atoms with Crippen molar-refractivity contribution in [1.82, 2.24) is 9.99 Å². The van der Waals surface area contributed by atoms with Gasteiger partial charge >= 0.3 is 0 Å². The molecule has 0 spiro atoms. The number of fused-ring (bicyclic) bond motifs is 1. The van der Waals surface area contributed by atoms with E-state index in [4.69, 9.17) is 5.73 Å². The van der Waals surface area contributed by atoms with E-state index in [1.165, 1.54) is 12.1 Å². The third-order valence-electron chi connectivity index (χ3n) is 4.55. The lowest BCUT2D eigenvalue weighted by atomic mass is 10.1. The van der Waals surface area contributed by atoms with Gasteiger partial charge in [-0.15, -0.1) is 0 Å². The largest absolute Gasteiger partial charge is 0.355 e. The van der Waals surface area contributed by atoms with Crippen molar-refractivity contribution >= 4 is 38.4 Å². The van der Waals surface area contributed by atoms with Crippen molar-refractivity contribution < 1.29 is 9.50 Å². The van der Waals surface area contributed by atoms with Gasteiger partial charge in [-0.2, -0.15) is 5.10 Å². The number of hydrogen-bond acceptors (Lipinski definition) is 5. The minimum atomic E-state index is -1.04. The average Bonchev–Trinajstić information content (AvgIpc) is 3.20. The number of nitrogens with zero attached hydrogens (tertiary/aromatic N) is 3. The van der Waals surface area contributed by atoms with Gasteiger partial charge in [0.1, 0.15) is 5.82 Å². The maximum Gasteiger partial charge on any atom is 0.226 e. The van der Waals surface area contributed by atoms with Crippen LogP contribution < -0.4 is 16.1 Å². The SMILES string of the molecule is NCCCn1cc(N2C(c3ccc(Br)cc3)=NNC2O)c2cc(F)ccc21. The molecule has 1 aliphatic heterocycles. The Labute approximate surface area is 164 Å². The molecule has 0 saturated carbocycles. The molecule has 0 radical (unpaired) electrons. The number of aromatic nitrogens is 1. The minimum absolute atomic E-state index is 0.330. The third-order valence-corrected chi connectivity index (χ3v) is 5.07. The second-order valence-electron chi connectivity index (χ2n) is 6.33. The average molecular weight is 432 g/mol. The lowest BCUT2D eigenvalue weighted by Gasteiger charge is -2.22. The molecular weight excluding hydrogens is 413 g/mol. The van der Waals surface area contributed by atoms with Crippen LogP contribution in [-0.4, -0.2) is 28.4 Å². The molecule has 4 rings (SSSR count). The number of aryl methyl sites for hydroxylation is 1. The monoisotopic (exact) mass is 431 g/mol. The molecule has 1 aromatic heterocycles. The summed E-state index contributed by atoms with van der Waals surface area (Å²) in [6.45, 7) is 1.27. The Morgan fingerprint density at radius 3 is 2.74 bits per heavy atom. The van der Waals surface area contributed by atoms with E-state index in [0.29, 0.717) is 30.0 Å². The van der Waals surface area contributed by atoms with Crippen molar-refractivity contribution in [3.63, 3.8) is 0 Å². The Balaban J connectivity index is 1.83. The number of halogens is 2. The van der Waals surface area contributed by atoms with Crippen molar-refractivity contribution in [2.24, 2.45) is 10.8 Å². The van der Waals surface area contributed by atoms with Gasteiger partial charge in [0, 0.05) is 28.2 Å². The number of hydrazone groups is 1. The molecule has 0 fully saturated rings. The molecular formula is C19H19BrFN5O. The molecule has 3 aromatic rings. The number of aliphatic hydroxyl groups excluding tert-OH is 1. The lowest BCUT2D eigenvalue weighted by Crippen LogP contribution is -2.40. The van der Waals surface area contributed by atoms with E-state index in [1.807, 2.05) is 35.0 Å². The van der Waals surface area contributed by atoms with Crippen LogP contribution in [0.4, 0.5) is 10.1 Å². The van der Waals surface area contributed by atoms with Gasteiger partial charge in [0.05, 0.1) is 11.2 Å². The highest BCUT2D eigenvalue weighted by atomic mass is 79.9. The van der Waals surface area contributed by atoms with Crippen molar-refractivity contribution in [1.29, 1.82) is 0 Å². The molecule has 1 aliphatic rings. The Morgan fingerprint density at radius 2 is 2.00 bits per heavy atom. The second-order valence-corrected chi connectivity index (χ2v) is 7.24. The van der Waals surface area contributed by atoms with Crippen LogP contribution in [0.1, 0.15) is 12.0 Å². The third kappa shape index (κ3) is 3.31. The van der Waals surface area contributed by atoms with Crippen molar-refractivity contribution in [2.75, 3.05) is 11.4 Å². The number of anilines is 1. The molecule has 0 aliphatic carbocycles. The maximum atomic E-state index is 14.0. The molecule has 2 aromatic carbocycles. The summed E-state index contributed by atoms with van der Waals surface area (Å²) in [5.74, 6) is 0.237. The van der Waals surface area contributed by atoms with Gasteiger partial charge in [-0.05, 0) is 43.3 Å². The summed E-state index contributed by atoms with van der Waals surface area (Å²) in [5, 5.41) is 15.5. The molecule has 1 unspecified atom stereocenters. The molecule has 4 N–H and O–H groups in total. The number of aliphatic hydroxyl groups is 1. The highest BCUT2D eigenvalue weighted by Crippen LogP contribution is 2.33. The highest BCUT2D eigenvalue weighted by molar-refractivity contribution is 9.10. The van der Waals surface area contributed by atoms with Crippen molar-refractivity contribution in [2.45, 2.75) is 19.3 Å². The molecule has 8 heteroatoms. The van der Waals surface area contributed by atoms with Gasteiger partial charge < -0.3 is 15.4 Å². The van der Waals surface area contributed by atoms with Gasteiger partial charge in [-0.25, -0.2) is 4.39 Å². The van der Waals surface area contributed by atoms with Gasteiger partial charge in [0.15, 0.2) is 5.84 Å². The molecule has 0 bridgehead atoms. The van der Waals surface area contributed by atoms with E-state index in [0.717, 1.165) is 22.0 Å². The first kappa shape index (κ1) is 18.0. The van der Waals surface area contributed by atoms with Gasteiger partial charge in [0.2, 0.25) is 6.35 Å². The van der Waals surface area contributed by atoms with Crippen LogP contribution in [-0.2, 0) is 6.54 Å². The smallest absolute Gasteiger partial charge is 0.226 e. The summed E-state index contributed by atoms with van der Waals surface area (Å²) in [5.41, 5.74) is 10.7. The molecule has 1 atom stereocenters. The minimum Gasteiger partial charge on any atom is -0.355 e. The van der Waals surface area contributed by atoms with Gasteiger partial charge in [-0.3, -0.25) is 10.3 Å². The molecule has 140 valence electrons. The predicted octanol–water partition coefficient (Wildman–Crippen LogP) is 2.94. The molecule has 0 saturated heterocycles. The number of nitrogens with one attached hydrogen (secondary N) is 1. The summed E-state index contributed by atoms with van der Waals surface area (Å²) in [7, 11) is 0. The number of amidine groups is 1. The van der Waals surface area contributed by atoms with E-state index in [-0.39, 0.29) is 5.82 Å². The van der Waals surface area contributed by atoms with E-state index >= 15 is 0 Å². The Bertz CT molecular complexity index is 1000. The van der Waals surface area contributed by atoms with Gasteiger partial charge in [-0.1, -0.05) is 28.1 Å². The number of nitrogens with two attached hydrogens (primary N) is 1. The molecule has 2 heterocycles. The van der Waals surface area contributed by atoms with Crippen molar-refractivity contribution in [3.05, 3.63) is 64.5 Å². The number of hydrogen-bond donors (Lipinski definition) is 3. The quantitative estimate of drug-likeness (QED) is 0.580. The van der Waals surface area contributed by atoms with E-state index < -0.39 is 6.35 Å². The normalized spacial score (nSPS) is 16.7. The molecule has 0 amide bonds. The maximum absolute atomic E-state index is 14.0. The zero-order valence-corrected chi connectivity index (χ0v) is 16.0.